The molecule has 0 aromatic rings. The first kappa shape index (κ1) is 14.9. The van der Waals surface area contributed by atoms with Gasteiger partial charge in [0.25, 0.3) is 0 Å². The quantitative estimate of drug-likeness (QED) is 0.567. The summed E-state index contributed by atoms with van der Waals surface area (Å²) in [7, 11) is 0. The van der Waals surface area contributed by atoms with Gasteiger partial charge in [0, 0.05) is 12.1 Å². The van der Waals surface area contributed by atoms with E-state index in [0.29, 0.717) is 0 Å². The van der Waals surface area contributed by atoms with Gasteiger partial charge in [-0.1, -0.05) is 12.8 Å². The van der Waals surface area contributed by atoms with Crippen LogP contribution >= 0.6 is 0 Å². The van der Waals surface area contributed by atoms with E-state index in [1.807, 2.05) is 0 Å². The predicted octanol–water partition coefficient (Wildman–Crippen LogP) is 0.397. The van der Waals surface area contributed by atoms with Crippen molar-refractivity contribution in [1.82, 2.24) is 0 Å². The molecular weight excluding hydrogens is 236 g/mol. The van der Waals surface area contributed by atoms with Crippen LogP contribution in [0.3, 0.4) is 0 Å². The van der Waals surface area contributed by atoms with Crippen LogP contribution in [0.5, 0.6) is 0 Å². The minimum absolute atomic E-state index is 0.0949. The minimum Gasteiger partial charge on any atom is -0.481 e. The molecule has 2 saturated carbocycles. The van der Waals surface area contributed by atoms with Gasteiger partial charge in [0.1, 0.15) is 0 Å². The van der Waals surface area contributed by atoms with E-state index >= 15 is 0 Å². The molecule has 4 atom stereocenters. The molecule has 0 saturated heterocycles. The Morgan fingerprint density at radius 2 is 1.11 bits per heavy atom. The molecule has 2 aliphatic carbocycles. The highest BCUT2D eigenvalue weighted by atomic mass is 16.4. The zero-order chi connectivity index (χ0) is 13.7. The SMILES string of the molecule is N[C@@H]1CCC[C@@H]1C(=O)O.N[C@H]1CCC[C@H]1C(=O)O. The van der Waals surface area contributed by atoms with Gasteiger partial charge in [-0.05, 0) is 25.7 Å². The summed E-state index contributed by atoms with van der Waals surface area (Å²) < 4.78 is 0. The molecule has 2 fully saturated rings. The van der Waals surface area contributed by atoms with Crippen molar-refractivity contribution in [3.8, 4) is 0 Å². The molecule has 0 aliphatic heterocycles. The lowest BCUT2D eigenvalue weighted by molar-refractivity contribution is -0.142. The molecule has 0 bridgehead atoms. The predicted molar refractivity (Wildman–Crippen MR) is 65.9 cm³/mol. The van der Waals surface area contributed by atoms with E-state index in [0.717, 1.165) is 38.5 Å². The summed E-state index contributed by atoms with van der Waals surface area (Å²) in [6.45, 7) is 0. The Morgan fingerprint density at radius 1 is 0.778 bits per heavy atom. The molecule has 6 N–H and O–H groups in total. The van der Waals surface area contributed by atoms with E-state index in [4.69, 9.17) is 21.7 Å². The maximum atomic E-state index is 10.3. The Kier molecular flexibility index (Phi) is 5.55. The lowest BCUT2D eigenvalue weighted by Gasteiger charge is -2.07. The largest absolute Gasteiger partial charge is 0.481 e. The van der Waals surface area contributed by atoms with Crippen molar-refractivity contribution >= 4 is 11.9 Å². The molecule has 2 aliphatic rings. The van der Waals surface area contributed by atoms with Crippen LogP contribution in [0, 0.1) is 11.8 Å². The zero-order valence-electron chi connectivity index (χ0n) is 10.4. The van der Waals surface area contributed by atoms with Crippen molar-refractivity contribution in [2.75, 3.05) is 0 Å². The number of carbonyl (C=O) groups is 2. The average Bonchev–Trinajstić information content (AvgIpc) is 2.87. The van der Waals surface area contributed by atoms with Crippen LogP contribution in [-0.4, -0.2) is 34.2 Å². The van der Waals surface area contributed by atoms with E-state index in [2.05, 4.69) is 0 Å². The second-order valence-corrected chi connectivity index (χ2v) is 5.08. The third-order valence-corrected chi connectivity index (χ3v) is 3.77. The third-order valence-electron chi connectivity index (χ3n) is 3.77. The third kappa shape index (κ3) is 3.96. The molecule has 6 heteroatoms. The molecule has 18 heavy (non-hydrogen) atoms. The van der Waals surface area contributed by atoms with Crippen molar-refractivity contribution < 1.29 is 19.8 Å². The second kappa shape index (κ2) is 6.70. The van der Waals surface area contributed by atoms with Crippen molar-refractivity contribution in [2.45, 2.75) is 50.6 Å². The Bertz CT molecular complexity index is 278. The molecule has 0 spiro atoms. The van der Waals surface area contributed by atoms with Crippen molar-refractivity contribution in [3.63, 3.8) is 0 Å². The molecule has 0 heterocycles. The fourth-order valence-electron chi connectivity index (χ4n) is 2.59. The standard InChI is InChI=1S/2C6H11NO2/c2*7-5-3-1-2-4(5)6(8)9/h2*4-5H,1-3,7H2,(H,8,9)/t2*4-,5+/m10/s1. The van der Waals surface area contributed by atoms with Crippen molar-refractivity contribution in [2.24, 2.45) is 23.3 Å². The molecule has 0 aromatic carbocycles. The van der Waals surface area contributed by atoms with Crippen LogP contribution in [0.25, 0.3) is 0 Å². The summed E-state index contributed by atoms with van der Waals surface area (Å²) in [6.07, 6.45) is 5.21. The van der Waals surface area contributed by atoms with Gasteiger partial charge in [-0.2, -0.15) is 0 Å². The van der Waals surface area contributed by atoms with Crippen LogP contribution in [-0.2, 0) is 9.59 Å². The van der Waals surface area contributed by atoms with Crippen LogP contribution < -0.4 is 11.5 Å². The zero-order valence-corrected chi connectivity index (χ0v) is 10.4. The molecule has 104 valence electrons. The summed E-state index contributed by atoms with van der Waals surface area (Å²) in [5, 5.41) is 17.0. The molecule has 0 amide bonds. The molecule has 6 nitrogen and oxygen atoms in total. The van der Waals surface area contributed by atoms with E-state index in [1.165, 1.54) is 0 Å². The number of carboxylic acid groups (broad SMARTS) is 2. The minimum atomic E-state index is -0.736. The molecule has 2 rings (SSSR count). The first-order valence-corrected chi connectivity index (χ1v) is 6.40. The Balaban J connectivity index is 0.000000180. The van der Waals surface area contributed by atoms with Gasteiger partial charge in [-0.3, -0.25) is 9.59 Å². The number of hydrogen-bond donors (Lipinski definition) is 4. The maximum absolute atomic E-state index is 10.3. The Morgan fingerprint density at radius 3 is 1.22 bits per heavy atom. The number of nitrogens with two attached hydrogens (primary N) is 2. The average molecular weight is 258 g/mol. The molecule has 0 aromatic heterocycles. The number of carboxylic acids is 2. The fourth-order valence-corrected chi connectivity index (χ4v) is 2.59. The first-order chi connectivity index (χ1) is 8.43. The van der Waals surface area contributed by atoms with Crippen LogP contribution in [0.15, 0.2) is 0 Å². The van der Waals surface area contributed by atoms with Gasteiger partial charge in [0.15, 0.2) is 0 Å². The number of hydrogen-bond acceptors (Lipinski definition) is 4. The van der Waals surface area contributed by atoms with Gasteiger partial charge < -0.3 is 21.7 Å². The van der Waals surface area contributed by atoms with E-state index < -0.39 is 11.9 Å². The molecule has 0 unspecified atom stereocenters. The van der Waals surface area contributed by atoms with Crippen molar-refractivity contribution in [3.05, 3.63) is 0 Å². The Hall–Kier alpha value is -1.14. The van der Waals surface area contributed by atoms with Gasteiger partial charge >= 0.3 is 11.9 Å². The highest BCUT2D eigenvalue weighted by molar-refractivity contribution is 5.71. The highest BCUT2D eigenvalue weighted by Gasteiger charge is 2.30. The van der Waals surface area contributed by atoms with Gasteiger partial charge in [0.2, 0.25) is 0 Å². The van der Waals surface area contributed by atoms with Gasteiger partial charge in [-0.15, -0.1) is 0 Å². The monoisotopic (exact) mass is 258 g/mol. The summed E-state index contributed by atoms with van der Waals surface area (Å²) >= 11 is 0. The lowest BCUT2D eigenvalue weighted by Crippen LogP contribution is -2.30. The van der Waals surface area contributed by atoms with E-state index in [-0.39, 0.29) is 23.9 Å². The summed E-state index contributed by atoms with van der Waals surface area (Å²) in [5.41, 5.74) is 11.0. The van der Waals surface area contributed by atoms with E-state index in [1.54, 1.807) is 0 Å². The van der Waals surface area contributed by atoms with Crippen molar-refractivity contribution in [1.29, 1.82) is 0 Å². The smallest absolute Gasteiger partial charge is 0.308 e. The highest BCUT2D eigenvalue weighted by Crippen LogP contribution is 2.24. The summed E-state index contributed by atoms with van der Waals surface area (Å²) in [6, 6.07) is -0.190. The number of rotatable bonds is 2. The normalized spacial score (nSPS) is 34.8. The van der Waals surface area contributed by atoms with Crippen LogP contribution in [0.2, 0.25) is 0 Å². The lowest BCUT2D eigenvalue weighted by atomic mass is 10.1. The molecular formula is C12H22N2O4. The van der Waals surface area contributed by atoms with Crippen LogP contribution in [0.1, 0.15) is 38.5 Å². The summed E-state index contributed by atoms with van der Waals surface area (Å²) in [4.78, 5) is 20.7. The first-order valence-electron chi connectivity index (χ1n) is 6.40. The summed E-state index contributed by atoms with van der Waals surface area (Å²) in [5.74, 6) is -2.02. The maximum Gasteiger partial charge on any atom is 0.308 e. The number of aliphatic carboxylic acids is 2. The second-order valence-electron chi connectivity index (χ2n) is 5.08. The van der Waals surface area contributed by atoms with Crippen LogP contribution in [0.4, 0.5) is 0 Å². The van der Waals surface area contributed by atoms with E-state index in [9.17, 15) is 9.59 Å². The molecule has 0 radical (unpaired) electrons. The topological polar surface area (TPSA) is 127 Å². The fraction of sp³-hybridized carbons (Fsp3) is 0.833. The Labute approximate surface area is 106 Å². The van der Waals surface area contributed by atoms with Gasteiger partial charge in [-0.25, -0.2) is 0 Å². The van der Waals surface area contributed by atoms with Gasteiger partial charge in [0.05, 0.1) is 11.8 Å².